The van der Waals surface area contributed by atoms with E-state index in [0.29, 0.717) is 11.5 Å². The minimum atomic E-state index is -0.274. The summed E-state index contributed by atoms with van der Waals surface area (Å²) in [7, 11) is 0. The summed E-state index contributed by atoms with van der Waals surface area (Å²) in [6, 6.07) is 1.81. The summed E-state index contributed by atoms with van der Waals surface area (Å²) in [4.78, 5) is 16.9. The van der Waals surface area contributed by atoms with Gasteiger partial charge < -0.3 is 4.74 Å². The van der Waals surface area contributed by atoms with Gasteiger partial charge in [-0.1, -0.05) is 6.58 Å². The molecular weight excluding hydrogens is 210 g/mol. The van der Waals surface area contributed by atoms with E-state index in [2.05, 4.69) is 11.6 Å². The third-order valence-corrected chi connectivity index (χ3v) is 2.88. The van der Waals surface area contributed by atoms with Crippen LogP contribution in [0, 0.1) is 6.92 Å². The van der Waals surface area contributed by atoms with Crippen LogP contribution in [0.4, 0.5) is 0 Å². The van der Waals surface area contributed by atoms with Crippen molar-refractivity contribution in [2.24, 2.45) is 4.99 Å². The van der Waals surface area contributed by atoms with E-state index in [9.17, 15) is 4.79 Å². The average Bonchev–Trinajstić information content (AvgIpc) is 2.57. The van der Waals surface area contributed by atoms with Crippen LogP contribution in [0.15, 0.2) is 23.8 Å². The molecule has 0 N–H and O–H groups in total. The Morgan fingerprint density at radius 2 is 2.47 bits per heavy atom. The van der Waals surface area contributed by atoms with Crippen molar-refractivity contribution in [2.75, 3.05) is 6.61 Å². The number of rotatable bonds is 4. The monoisotopic (exact) mass is 223 g/mol. The molecule has 0 aliphatic heterocycles. The first-order valence-corrected chi connectivity index (χ1v) is 5.42. The van der Waals surface area contributed by atoms with Crippen LogP contribution in [0.1, 0.15) is 27.0 Å². The van der Waals surface area contributed by atoms with Crippen LogP contribution < -0.4 is 0 Å². The van der Waals surface area contributed by atoms with E-state index < -0.39 is 0 Å². The number of carbonyl (C=O) groups excluding carboxylic acids is 1. The molecular formula is C11H13NO2S. The second-order valence-corrected chi connectivity index (χ2v) is 3.92. The van der Waals surface area contributed by atoms with Gasteiger partial charge in [0, 0.05) is 17.3 Å². The van der Waals surface area contributed by atoms with Gasteiger partial charge in [0.1, 0.15) is 4.88 Å². The molecule has 4 heteroatoms. The number of hydrogen-bond acceptors (Lipinski definition) is 4. The third kappa shape index (κ3) is 3.02. The minimum absolute atomic E-state index is 0.274. The maximum Gasteiger partial charge on any atom is 0.348 e. The molecule has 0 aliphatic carbocycles. The van der Waals surface area contributed by atoms with Gasteiger partial charge in [-0.15, -0.1) is 11.3 Å². The molecule has 3 nitrogen and oxygen atoms in total. The highest BCUT2D eigenvalue weighted by Crippen LogP contribution is 2.21. The van der Waals surface area contributed by atoms with Gasteiger partial charge in [0.15, 0.2) is 0 Å². The van der Waals surface area contributed by atoms with E-state index >= 15 is 0 Å². The zero-order chi connectivity index (χ0) is 11.3. The molecule has 0 spiro atoms. The Balaban J connectivity index is 2.89. The Morgan fingerprint density at radius 3 is 3.07 bits per heavy atom. The second kappa shape index (κ2) is 5.46. The summed E-state index contributed by atoms with van der Waals surface area (Å²) in [6.45, 7) is 7.61. The van der Waals surface area contributed by atoms with Crippen molar-refractivity contribution < 1.29 is 9.53 Å². The number of carbonyl (C=O) groups is 1. The summed E-state index contributed by atoms with van der Waals surface area (Å²) in [5.74, 6) is -0.274. The van der Waals surface area contributed by atoms with Crippen LogP contribution in [0.3, 0.4) is 0 Å². The van der Waals surface area contributed by atoms with E-state index in [1.54, 1.807) is 13.1 Å². The van der Waals surface area contributed by atoms with Gasteiger partial charge in [0.05, 0.1) is 6.61 Å². The molecule has 0 saturated carbocycles. The number of nitrogens with zero attached hydrogens (tertiary/aromatic N) is 1. The molecule has 80 valence electrons. The van der Waals surface area contributed by atoms with Crippen LogP contribution in [0.5, 0.6) is 0 Å². The largest absolute Gasteiger partial charge is 0.462 e. The zero-order valence-corrected chi connectivity index (χ0v) is 9.63. The fraction of sp³-hybridized carbons (Fsp3) is 0.273. The van der Waals surface area contributed by atoms with E-state index in [1.165, 1.54) is 17.5 Å². The topological polar surface area (TPSA) is 38.7 Å². The Morgan fingerprint density at radius 1 is 1.73 bits per heavy atom. The SMILES string of the molecule is C=C/N=C\c1sc(C(=O)OCC)cc1C. The van der Waals surface area contributed by atoms with Crippen molar-refractivity contribution in [1.82, 2.24) is 0 Å². The normalized spacial score (nSPS) is 10.5. The predicted octanol–water partition coefficient (Wildman–Crippen LogP) is 2.80. The Hall–Kier alpha value is -1.42. The molecule has 0 saturated heterocycles. The number of thiophene rings is 1. The van der Waals surface area contributed by atoms with Gasteiger partial charge in [-0.25, -0.2) is 4.79 Å². The van der Waals surface area contributed by atoms with Crippen LogP contribution in [0.2, 0.25) is 0 Å². The first-order chi connectivity index (χ1) is 7.19. The van der Waals surface area contributed by atoms with Crippen molar-refractivity contribution >= 4 is 23.5 Å². The zero-order valence-electron chi connectivity index (χ0n) is 8.82. The van der Waals surface area contributed by atoms with Crippen molar-refractivity contribution in [2.45, 2.75) is 13.8 Å². The standard InChI is InChI=1S/C11H13NO2S/c1-4-12-7-10-8(3)6-9(15-10)11(13)14-5-2/h4,6-7H,1,5H2,2-3H3/b12-7-. The van der Waals surface area contributed by atoms with Gasteiger partial charge in [-0.3, -0.25) is 4.99 Å². The van der Waals surface area contributed by atoms with E-state index in [-0.39, 0.29) is 5.97 Å². The molecule has 0 radical (unpaired) electrons. The first-order valence-electron chi connectivity index (χ1n) is 4.60. The lowest BCUT2D eigenvalue weighted by molar-refractivity contribution is 0.0532. The minimum Gasteiger partial charge on any atom is -0.462 e. The van der Waals surface area contributed by atoms with Crippen molar-refractivity contribution in [3.63, 3.8) is 0 Å². The van der Waals surface area contributed by atoms with Crippen molar-refractivity contribution in [1.29, 1.82) is 0 Å². The fourth-order valence-corrected chi connectivity index (χ4v) is 2.00. The quantitative estimate of drug-likeness (QED) is 0.581. The lowest BCUT2D eigenvalue weighted by Crippen LogP contribution is -2.01. The number of aliphatic imine (C=N–C) groups is 1. The van der Waals surface area contributed by atoms with Crippen LogP contribution >= 0.6 is 11.3 Å². The van der Waals surface area contributed by atoms with Crippen LogP contribution in [-0.2, 0) is 4.74 Å². The molecule has 1 aromatic rings. The number of hydrogen-bond donors (Lipinski definition) is 0. The Labute approximate surface area is 93.1 Å². The molecule has 0 unspecified atom stereocenters. The summed E-state index contributed by atoms with van der Waals surface area (Å²) in [6.07, 6.45) is 3.15. The lowest BCUT2D eigenvalue weighted by atomic mass is 10.3. The second-order valence-electron chi connectivity index (χ2n) is 2.84. The molecule has 0 amide bonds. The Bertz CT molecular complexity index is 393. The van der Waals surface area contributed by atoms with Crippen LogP contribution in [-0.4, -0.2) is 18.8 Å². The molecule has 0 fully saturated rings. The summed E-state index contributed by atoms with van der Waals surface area (Å²) in [5, 5.41) is 0. The van der Waals surface area contributed by atoms with Gasteiger partial charge in [-0.2, -0.15) is 0 Å². The average molecular weight is 223 g/mol. The predicted molar refractivity (Wildman–Crippen MR) is 62.8 cm³/mol. The smallest absolute Gasteiger partial charge is 0.348 e. The van der Waals surface area contributed by atoms with Crippen molar-refractivity contribution in [3.05, 3.63) is 34.2 Å². The van der Waals surface area contributed by atoms with Gasteiger partial charge >= 0.3 is 5.97 Å². The summed E-state index contributed by atoms with van der Waals surface area (Å²) >= 11 is 1.38. The van der Waals surface area contributed by atoms with E-state index in [4.69, 9.17) is 4.74 Å². The third-order valence-electron chi connectivity index (χ3n) is 1.73. The molecule has 0 atom stereocenters. The highest BCUT2D eigenvalue weighted by Gasteiger charge is 2.11. The Kier molecular flexibility index (Phi) is 4.24. The summed E-state index contributed by atoms with van der Waals surface area (Å²) < 4.78 is 4.91. The fourth-order valence-electron chi connectivity index (χ4n) is 1.05. The highest BCUT2D eigenvalue weighted by atomic mass is 32.1. The molecule has 0 aliphatic rings. The highest BCUT2D eigenvalue weighted by molar-refractivity contribution is 7.15. The van der Waals surface area contributed by atoms with Crippen LogP contribution in [0.25, 0.3) is 0 Å². The molecule has 15 heavy (non-hydrogen) atoms. The number of aryl methyl sites for hydroxylation is 1. The van der Waals surface area contributed by atoms with Gasteiger partial charge in [-0.05, 0) is 25.5 Å². The van der Waals surface area contributed by atoms with Crippen molar-refractivity contribution in [3.8, 4) is 0 Å². The maximum atomic E-state index is 11.4. The number of ether oxygens (including phenoxy) is 1. The number of esters is 1. The lowest BCUT2D eigenvalue weighted by Gasteiger charge is -1.96. The van der Waals surface area contributed by atoms with E-state index in [1.807, 2.05) is 13.0 Å². The summed E-state index contributed by atoms with van der Waals surface area (Å²) in [5.41, 5.74) is 1.02. The molecule has 1 heterocycles. The molecule has 1 rings (SSSR count). The van der Waals surface area contributed by atoms with E-state index in [0.717, 1.165) is 10.4 Å². The van der Waals surface area contributed by atoms with Gasteiger partial charge in [0.2, 0.25) is 0 Å². The first kappa shape index (κ1) is 11.7. The molecule has 0 aromatic carbocycles. The maximum absolute atomic E-state index is 11.4. The van der Waals surface area contributed by atoms with Gasteiger partial charge in [0.25, 0.3) is 0 Å². The molecule has 1 aromatic heterocycles. The molecule has 0 bridgehead atoms.